The Kier molecular flexibility index (Phi) is 5.53. The summed E-state index contributed by atoms with van der Waals surface area (Å²) in [6.07, 6.45) is -0.900. The molecular formula is C22H24O5. The fraction of sp³-hybridized carbons (Fsp3) is 0.409. The van der Waals surface area contributed by atoms with Gasteiger partial charge < -0.3 is 19.3 Å². The molecule has 1 saturated heterocycles. The first-order valence-corrected chi connectivity index (χ1v) is 9.38. The smallest absolute Gasteiger partial charge is 0.335 e. The average molecular weight is 368 g/mol. The van der Waals surface area contributed by atoms with E-state index in [4.69, 9.17) is 14.2 Å². The van der Waals surface area contributed by atoms with E-state index in [0.717, 1.165) is 11.1 Å². The summed E-state index contributed by atoms with van der Waals surface area (Å²) in [5.74, 6) is -0.877. The summed E-state index contributed by atoms with van der Waals surface area (Å²) in [6.45, 7) is 1.40. The van der Waals surface area contributed by atoms with Gasteiger partial charge in [0.2, 0.25) is 0 Å². The summed E-state index contributed by atoms with van der Waals surface area (Å²) in [5.41, 5.74) is 2.18. The van der Waals surface area contributed by atoms with Crippen molar-refractivity contribution in [2.24, 2.45) is 11.8 Å². The second kappa shape index (κ2) is 8.21. The molecule has 5 nitrogen and oxygen atoms in total. The Morgan fingerprint density at radius 2 is 1.59 bits per heavy atom. The monoisotopic (exact) mass is 368 g/mol. The number of fused-ring (bicyclic) bond motifs is 1. The van der Waals surface area contributed by atoms with Gasteiger partial charge in [0.25, 0.3) is 0 Å². The lowest BCUT2D eigenvalue weighted by Crippen LogP contribution is -2.34. The van der Waals surface area contributed by atoms with Crippen LogP contribution in [0.4, 0.5) is 0 Å². The maximum atomic E-state index is 11.8. The highest BCUT2D eigenvalue weighted by atomic mass is 16.6. The maximum absolute atomic E-state index is 11.8. The number of rotatable bonds is 7. The lowest BCUT2D eigenvalue weighted by molar-refractivity contribution is -0.149. The Hall–Kier alpha value is -2.21. The maximum Gasteiger partial charge on any atom is 0.335 e. The normalized spacial score (nSPS) is 29.5. The summed E-state index contributed by atoms with van der Waals surface area (Å²) in [7, 11) is 0. The number of aliphatic hydroxyl groups is 1. The van der Waals surface area contributed by atoms with E-state index in [1.165, 1.54) is 0 Å². The van der Waals surface area contributed by atoms with Gasteiger partial charge in [-0.25, -0.2) is 4.79 Å². The highest BCUT2D eigenvalue weighted by Gasteiger charge is 2.56. The molecule has 2 aromatic carbocycles. The molecule has 5 atom stereocenters. The zero-order valence-corrected chi connectivity index (χ0v) is 15.1. The van der Waals surface area contributed by atoms with Crippen LogP contribution in [-0.2, 0) is 32.2 Å². The van der Waals surface area contributed by atoms with Gasteiger partial charge in [-0.15, -0.1) is 0 Å². The zero-order chi connectivity index (χ0) is 18.6. The first-order chi connectivity index (χ1) is 13.2. The quantitative estimate of drug-likeness (QED) is 0.762. The van der Waals surface area contributed by atoms with Gasteiger partial charge in [-0.05, 0) is 11.1 Å². The molecule has 1 heterocycles. The summed E-state index contributed by atoms with van der Waals surface area (Å²) < 4.78 is 17.4. The van der Waals surface area contributed by atoms with Crippen LogP contribution >= 0.6 is 0 Å². The van der Waals surface area contributed by atoms with Crippen LogP contribution in [0.2, 0.25) is 0 Å². The zero-order valence-electron chi connectivity index (χ0n) is 15.1. The molecule has 0 bridgehead atoms. The second-order valence-corrected chi connectivity index (χ2v) is 7.23. The number of esters is 1. The second-order valence-electron chi connectivity index (χ2n) is 7.23. The SMILES string of the molecule is O=C1O[C@@H]2C[C@H](OCc3ccccc3)[C@@H](COCc3ccccc3)[C@@H]2C1O. The van der Waals surface area contributed by atoms with Gasteiger partial charge in [0.05, 0.1) is 25.9 Å². The van der Waals surface area contributed by atoms with E-state index in [-0.39, 0.29) is 24.0 Å². The van der Waals surface area contributed by atoms with Crippen LogP contribution in [0.25, 0.3) is 0 Å². The van der Waals surface area contributed by atoms with E-state index in [0.29, 0.717) is 26.2 Å². The van der Waals surface area contributed by atoms with Gasteiger partial charge >= 0.3 is 5.97 Å². The fourth-order valence-corrected chi connectivity index (χ4v) is 4.10. The van der Waals surface area contributed by atoms with Crippen LogP contribution in [-0.4, -0.2) is 36.0 Å². The van der Waals surface area contributed by atoms with Crippen LogP contribution in [0.15, 0.2) is 60.7 Å². The van der Waals surface area contributed by atoms with Crippen molar-refractivity contribution in [3.05, 3.63) is 71.8 Å². The van der Waals surface area contributed by atoms with Gasteiger partial charge in [0.1, 0.15) is 6.10 Å². The number of ether oxygens (including phenoxy) is 3. The molecule has 1 aliphatic carbocycles. The van der Waals surface area contributed by atoms with E-state index in [1.54, 1.807) is 0 Å². The molecule has 1 N–H and O–H groups in total. The Morgan fingerprint density at radius 1 is 0.963 bits per heavy atom. The highest BCUT2D eigenvalue weighted by molar-refractivity contribution is 5.77. The van der Waals surface area contributed by atoms with Crippen molar-refractivity contribution in [1.29, 1.82) is 0 Å². The number of aliphatic hydroxyl groups excluding tert-OH is 1. The Bertz CT molecular complexity index is 748. The molecular weight excluding hydrogens is 344 g/mol. The predicted molar refractivity (Wildman–Crippen MR) is 98.6 cm³/mol. The Labute approximate surface area is 158 Å². The van der Waals surface area contributed by atoms with Gasteiger partial charge in [0.15, 0.2) is 6.10 Å². The first-order valence-electron chi connectivity index (χ1n) is 9.38. The lowest BCUT2D eigenvalue weighted by Gasteiger charge is -2.24. The molecule has 4 rings (SSSR count). The third-order valence-electron chi connectivity index (χ3n) is 5.47. The number of benzene rings is 2. The first kappa shape index (κ1) is 18.2. The van der Waals surface area contributed by atoms with Crippen molar-refractivity contribution in [2.75, 3.05) is 6.61 Å². The van der Waals surface area contributed by atoms with Crippen LogP contribution in [0.1, 0.15) is 17.5 Å². The molecule has 1 saturated carbocycles. The molecule has 2 aliphatic rings. The summed E-state index contributed by atoms with van der Waals surface area (Å²) in [4.78, 5) is 11.8. The van der Waals surface area contributed by atoms with E-state index in [1.807, 2.05) is 60.7 Å². The molecule has 142 valence electrons. The van der Waals surface area contributed by atoms with Gasteiger partial charge in [-0.3, -0.25) is 0 Å². The largest absolute Gasteiger partial charge is 0.460 e. The van der Waals surface area contributed by atoms with Crippen molar-refractivity contribution >= 4 is 5.97 Å². The summed E-state index contributed by atoms with van der Waals surface area (Å²) in [5, 5.41) is 10.3. The van der Waals surface area contributed by atoms with E-state index in [2.05, 4.69) is 0 Å². The van der Waals surface area contributed by atoms with Gasteiger partial charge in [-0.2, -0.15) is 0 Å². The number of carbonyl (C=O) groups excluding carboxylic acids is 1. The predicted octanol–water partition coefficient (Wildman–Crippen LogP) is 2.71. The molecule has 27 heavy (non-hydrogen) atoms. The Balaban J connectivity index is 1.40. The Morgan fingerprint density at radius 3 is 2.26 bits per heavy atom. The molecule has 2 aromatic rings. The van der Waals surface area contributed by atoms with Gasteiger partial charge in [0, 0.05) is 18.3 Å². The van der Waals surface area contributed by atoms with Gasteiger partial charge in [-0.1, -0.05) is 60.7 Å². The molecule has 0 spiro atoms. The van der Waals surface area contributed by atoms with Crippen LogP contribution in [0, 0.1) is 11.8 Å². The topological polar surface area (TPSA) is 65.0 Å². The van der Waals surface area contributed by atoms with Crippen molar-refractivity contribution in [3.63, 3.8) is 0 Å². The minimum absolute atomic E-state index is 0.0797. The van der Waals surface area contributed by atoms with Crippen molar-refractivity contribution in [1.82, 2.24) is 0 Å². The number of hydrogen-bond donors (Lipinski definition) is 1. The molecule has 0 amide bonds. The standard InChI is InChI=1S/C22H24O5/c23-21-20-17(14-25-12-15-7-3-1-4-8-15)18(11-19(20)27-22(21)24)26-13-16-9-5-2-6-10-16/h1-10,17-21,23H,11-14H2/t17-,18+,19-,20+,21?/m1/s1. The molecule has 5 heteroatoms. The fourth-order valence-electron chi connectivity index (χ4n) is 4.10. The van der Waals surface area contributed by atoms with E-state index >= 15 is 0 Å². The molecule has 1 aliphatic heterocycles. The van der Waals surface area contributed by atoms with Crippen molar-refractivity contribution in [3.8, 4) is 0 Å². The van der Waals surface area contributed by atoms with Crippen LogP contribution < -0.4 is 0 Å². The molecule has 0 aromatic heterocycles. The minimum atomic E-state index is -1.09. The third-order valence-corrected chi connectivity index (χ3v) is 5.47. The van der Waals surface area contributed by atoms with E-state index < -0.39 is 12.1 Å². The molecule has 2 fully saturated rings. The van der Waals surface area contributed by atoms with Crippen LogP contribution in [0.5, 0.6) is 0 Å². The minimum Gasteiger partial charge on any atom is -0.460 e. The average Bonchev–Trinajstić information content (AvgIpc) is 3.18. The van der Waals surface area contributed by atoms with E-state index in [9.17, 15) is 9.90 Å². The highest BCUT2D eigenvalue weighted by Crippen LogP contribution is 2.43. The lowest BCUT2D eigenvalue weighted by atomic mass is 9.91. The molecule has 0 radical (unpaired) electrons. The van der Waals surface area contributed by atoms with Crippen LogP contribution in [0.3, 0.4) is 0 Å². The number of carbonyl (C=O) groups is 1. The third kappa shape index (κ3) is 4.05. The summed E-state index contributed by atoms with van der Waals surface area (Å²) in [6, 6.07) is 19.9. The van der Waals surface area contributed by atoms with Crippen molar-refractivity contribution in [2.45, 2.75) is 37.9 Å². The molecule has 1 unspecified atom stereocenters. The number of hydrogen-bond acceptors (Lipinski definition) is 5. The van der Waals surface area contributed by atoms with Crippen molar-refractivity contribution < 1.29 is 24.1 Å². The summed E-state index contributed by atoms with van der Waals surface area (Å²) >= 11 is 0.